The van der Waals surface area contributed by atoms with Gasteiger partial charge in [0.05, 0.1) is 11.5 Å². The lowest BCUT2D eigenvalue weighted by Crippen LogP contribution is -2.42. The topological polar surface area (TPSA) is 51.4 Å². The van der Waals surface area contributed by atoms with Crippen molar-refractivity contribution in [2.75, 3.05) is 19.7 Å². The number of thiazole rings is 1. The Morgan fingerprint density at radius 1 is 1.50 bits per heavy atom. The second-order valence-electron chi connectivity index (χ2n) is 4.97. The molecule has 0 radical (unpaired) electrons. The van der Waals surface area contributed by atoms with E-state index in [1.807, 2.05) is 0 Å². The molecule has 0 aromatic carbocycles. The Morgan fingerprint density at radius 3 is 2.70 bits per heavy atom. The first-order valence-electron chi connectivity index (χ1n) is 6.45. The van der Waals surface area contributed by atoms with Crippen LogP contribution in [0.15, 0.2) is 0 Å². The minimum Gasteiger partial charge on any atom is -0.368 e. The fourth-order valence-electron chi connectivity index (χ4n) is 2.16. The van der Waals surface area contributed by atoms with Crippen LogP contribution in [0.25, 0.3) is 0 Å². The summed E-state index contributed by atoms with van der Waals surface area (Å²) in [6.45, 7) is 5.80. The van der Waals surface area contributed by atoms with Crippen molar-refractivity contribution in [2.24, 2.45) is 5.73 Å². The van der Waals surface area contributed by atoms with Crippen LogP contribution < -0.4 is 5.73 Å². The number of nitrogens with zero attached hydrogens (tertiary/aromatic N) is 2. The van der Waals surface area contributed by atoms with E-state index in [0.717, 1.165) is 17.9 Å². The van der Waals surface area contributed by atoms with Crippen molar-refractivity contribution < 1.29 is 17.9 Å². The molecule has 2 heterocycles. The third kappa shape index (κ3) is 3.30. The molecule has 1 aromatic rings. The zero-order valence-electron chi connectivity index (χ0n) is 11.4. The van der Waals surface area contributed by atoms with Crippen LogP contribution in [0.4, 0.5) is 13.2 Å². The summed E-state index contributed by atoms with van der Waals surface area (Å²) in [6.07, 6.45) is -4.87. The average Bonchev–Trinajstić information content (AvgIpc) is 2.83. The van der Waals surface area contributed by atoms with Gasteiger partial charge in [-0.1, -0.05) is 0 Å². The van der Waals surface area contributed by atoms with Crippen LogP contribution in [0.2, 0.25) is 0 Å². The Labute approximate surface area is 119 Å². The summed E-state index contributed by atoms with van der Waals surface area (Å²) in [5.74, 6) is 0. The van der Waals surface area contributed by atoms with E-state index in [1.165, 1.54) is 0 Å². The van der Waals surface area contributed by atoms with Gasteiger partial charge in [-0.15, -0.1) is 11.3 Å². The molecule has 1 aromatic heterocycles. The molecule has 0 amide bonds. The lowest BCUT2D eigenvalue weighted by Gasteiger charge is -2.34. The highest BCUT2D eigenvalue weighted by molar-refractivity contribution is 7.11. The molecule has 2 rings (SSSR count). The number of aromatic nitrogens is 1. The van der Waals surface area contributed by atoms with Gasteiger partial charge < -0.3 is 10.5 Å². The van der Waals surface area contributed by atoms with Gasteiger partial charge in [0, 0.05) is 25.7 Å². The van der Waals surface area contributed by atoms with E-state index in [0.29, 0.717) is 24.2 Å². The molecule has 0 spiro atoms. The van der Waals surface area contributed by atoms with Crippen LogP contribution >= 0.6 is 11.3 Å². The molecule has 1 unspecified atom stereocenters. The Hall–Kier alpha value is -0.700. The van der Waals surface area contributed by atoms with Crippen LogP contribution in [0.1, 0.15) is 35.5 Å². The quantitative estimate of drug-likeness (QED) is 0.931. The van der Waals surface area contributed by atoms with Gasteiger partial charge in [0.1, 0.15) is 11.1 Å². The fourth-order valence-corrected chi connectivity index (χ4v) is 3.16. The van der Waals surface area contributed by atoms with Gasteiger partial charge in [0.25, 0.3) is 0 Å². The first kappa shape index (κ1) is 15.7. The number of halogens is 3. The third-order valence-electron chi connectivity index (χ3n) is 3.27. The van der Waals surface area contributed by atoms with Crippen LogP contribution in [0, 0.1) is 0 Å². The van der Waals surface area contributed by atoms with Crippen molar-refractivity contribution in [1.82, 2.24) is 9.88 Å². The number of alkyl halides is 3. The summed E-state index contributed by atoms with van der Waals surface area (Å²) in [5, 5.41) is 0.364. The SMILES string of the molecule is CC(C)N1CCOC(c2nc(C(F)(F)F)c(CN)s2)C1. The number of hydrogen-bond donors (Lipinski definition) is 1. The summed E-state index contributed by atoms with van der Waals surface area (Å²) in [4.78, 5) is 5.97. The highest BCUT2D eigenvalue weighted by Crippen LogP contribution is 2.37. The maximum atomic E-state index is 12.9. The molecule has 0 aliphatic carbocycles. The molecule has 1 atom stereocenters. The molecule has 1 saturated heterocycles. The molecule has 1 aliphatic heterocycles. The lowest BCUT2D eigenvalue weighted by molar-refractivity contribution is -0.141. The predicted molar refractivity (Wildman–Crippen MR) is 70.4 cm³/mol. The zero-order valence-corrected chi connectivity index (χ0v) is 12.2. The molecule has 4 nitrogen and oxygen atoms in total. The normalized spacial score (nSPS) is 21.6. The molecular weight excluding hydrogens is 291 g/mol. The van der Waals surface area contributed by atoms with Crippen molar-refractivity contribution in [2.45, 2.75) is 38.7 Å². The highest BCUT2D eigenvalue weighted by Gasteiger charge is 2.38. The molecule has 114 valence electrons. The van der Waals surface area contributed by atoms with E-state index in [-0.39, 0.29) is 11.4 Å². The largest absolute Gasteiger partial charge is 0.434 e. The Balaban J connectivity index is 2.22. The maximum Gasteiger partial charge on any atom is 0.434 e. The Morgan fingerprint density at radius 2 is 2.20 bits per heavy atom. The number of rotatable bonds is 3. The van der Waals surface area contributed by atoms with Gasteiger partial charge in [-0.25, -0.2) is 4.98 Å². The van der Waals surface area contributed by atoms with Crippen molar-refractivity contribution in [1.29, 1.82) is 0 Å². The average molecular weight is 309 g/mol. The predicted octanol–water partition coefficient (Wildman–Crippen LogP) is 2.40. The molecule has 0 saturated carbocycles. The van der Waals surface area contributed by atoms with Crippen LogP contribution in [-0.4, -0.2) is 35.6 Å². The van der Waals surface area contributed by atoms with Gasteiger partial charge in [0.15, 0.2) is 5.69 Å². The minimum atomic E-state index is -4.46. The molecule has 20 heavy (non-hydrogen) atoms. The van der Waals surface area contributed by atoms with Gasteiger partial charge in [-0.2, -0.15) is 13.2 Å². The van der Waals surface area contributed by atoms with Crippen molar-refractivity contribution in [3.8, 4) is 0 Å². The summed E-state index contributed by atoms with van der Waals surface area (Å²) in [5.41, 5.74) is 4.51. The molecule has 8 heteroatoms. The summed E-state index contributed by atoms with van der Waals surface area (Å²) in [7, 11) is 0. The summed E-state index contributed by atoms with van der Waals surface area (Å²) in [6, 6.07) is 0.331. The zero-order chi connectivity index (χ0) is 14.9. The summed E-state index contributed by atoms with van der Waals surface area (Å²) >= 11 is 0.999. The van der Waals surface area contributed by atoms with Crippen LogP contribution in [0.3, 0.4) is 0 Å². The van der Waals surface area contributed by atoms with Crippen molar-refractivity contribution in [3.05, 3.63) is 15.6 Å². The number of ether oxygens (including phenoxy) is 1. The van der Waals surface area contributed by atoms with E-state index in [1.54, 1.807) is 0 Å². The van der Waals surface area contributed by atoms with E-state index < -0.39 is 18.0 Å². The first-order valence-corrected chi connectivity index (χ1v) is 7.27. The van der Waals surface area contributed by atoms with Gasteiger partial charge in [-0.3, -0.25) is 4.90 Å². The van der Waals surface area contributed by atoms with E-state index in [9.17, 15) is 13.2 Å². The van der Waals surface area contributed by atoms with E-state index in [4.69, 9.17) is 10.5 Å². The number of nitrogens with two attached hydrogens (primary N) is 1. The molecule has 1 fully saturated rings. The lowest BCUT2D eigenvalue weighted by atomic mass is 10.2. The molecule has 0 bridgehead atoms. The van der Waals surface area contributed by atoms with E-state index >= 15 is 0 Å². The third-order valence-corrected chi connectivity index (χ3v) is 4.44. The second kappa shape index (κ2) is 5.97. The first-order chi connectivity index (χ1) is 9.32. The van der Waals surface area contributed by atoms with Gasteiger partial charge >= 0.3 is 6.18 Å². The van der Waals surface area contributed by atoms with Crippen LogP contribution in [0.5, 0.6) is 0 Å². The molecular formula is C12H18F3N3OS. The van der Waals surface area contributed by atoms with Crippen molar-refractivity contribution in [3.63, 3.8) is 0 Å². The van der Waals surface area contributed by atoms with Crippen LogP contribution in [-0.2, 0) is 17.5 Å². The smallest absolute Gasteiger partial charge is 0.368 e. The second-order valence-corrected chi connectivity index (χ2v) is 6.09. The monoisotopic (exact) mass is 309 g/mol. The standard InChI is InChI=1S/C12H18F3N3OS/c1-7(2)18-3-4-19-8(6-18)11-17-10(12(13,14)15)9(5-16)20-11/h7-8H,3-6,16H2,1-2H3. The Bertz CT molecular complexity index is 461. The minimum absolute atomic E-state index is 0.0674. The fraction of sp³-hybridized carbons (Fsp3) is 0.750. The molecule has 2 N–H and O–H groups in total. The van der Waals surface area contributed by atoms with E-state index in [2.05, 4.69) is 23.7 Å². The van der Waals surface area contributed by atoms with Gasteiger partial charge in [0.2, 0.25) is 0 Å². The van der Waals surface area contributed by atoms with Crippen molar-refractivity contribution >= 4 is 11.3 Å². The summed E-state index contributed by atoms with van der Waals surface area (Å²) < 4.78 is 44.1. The number of morpholine rings is 1. The molecule has 1 aliphatic rings. The highest BCUT2D eigenvalue weighted by atomic mass is 32.1. The van der Waals surface area contributed by atoms with Gasteiger partial charge in [-0.05, 0) is 13.8 Å². The number of hydrogen-bond acceptors (Lipinski definition) is 5. The maximum absolute atomic E-state index is 12.9. The Kier molecular flexibility index (Phi) is 4.68.